The van der Waals surface area contributed by atoms with Gasteiger partial charge in [-0.1, -0.05) is 44.2 Å². The van der Waals surface area contributed by atoms with Crippen molar-refractivity contribution in [1.29, 1.82) is 0 Å². The van der Waals surface area contributed by atoms with Gasteiger partial charge < -0.3 is 9.80 Å². The summed E-state index contributed by atoms with van der Waals surface area (Å²) in [6.07, 6.45) is 3.22. The zero-order valence-corrected chi connectivity index (χ0v) is 14.9. The van der Waals surface area contributed by atoms with Crippen LogP contribution < -0.4 is 4.90 Å². The maximum Gasteiger partial charge on any atom is 0.233 e. The predicted octanol–water partition coefficient (Wildman–Crippen LogP) is 3.72. The summed E-state index contributed by atoms with van der Waals surface area (Å²) in [7, 11) is 0. The monoisotopic (exact) mass is 324 g/mol. The molecule has 1 saturated heterocycles. The van der Waals surface area contributed by atoms with Gasteiger partial charge in [0.15, 0.2) is 0 Å². The number of anilines is 1. The molecule has 1 aromatic carbocycles. The first kappa shape index (κ1) is 15.7. The van der Waals surface area contributed by atoms with Gasteiger partial charge in [0.25, 0.3) is 0 Å². The molecule has 2 bridgehead atoms. The number of fused-ring (bicyclic) bond motifs is 2. The Labute approximate surface area is 145 Å². The van der Waals surface area contributed by atoms with Gasteiger partial charge in [-0.2, -0.15) is 0 Å². The minimum absolute atomic E-state index is 0.125. The van der Waals surface area contributed by atoms with Crippen LogP contribution in [0.25, 0.3) is 0 Å². The number of para-hydroxylation sites is 1. The standard InChI is InChI=1S/C21H28N2O/c1-16-20(2,3)17-9-10-21(16,15-17)19(24)23-13-11-22(12-14-23)18-7-5-4-6-8-18/h4-8,17H,1,9-15H2,2-3H3/t17-,21+/m1/s1. The highest BCUT2D eigenvalue weighted by Gasteiger charge is 2.61. The van der Waals surface area contributed by atoms with Crippen LogP contribution in [0.15, 0.2) is 42.5 Å². The third-order valence-electron chi connectivity index (χ3n) is 6.99. The molecule has 2 saturated carbocycles. The van der Waals surface area contributed by atoms with Crippen molar-refractivity contribution >= 4 is 11.6 Å². The van der Waals surface area contributed by atoms with E-state index >= 15 is 0 Å². The Kier molecular flexibility index (Phi) is 3.52. The molecular weight excluding hydrogens is 296 g/mol. The molecule has 24 heavy (non-hydrogen) atoms. The van der Waals surface area contributed by atoms with Crippen LogP contribution in [-0.4, -0.2) is 37.0 Å². The first-order valence-corrected chi connectivity index (χ1v) is 9.24. The molecule has 128 valence electrons. The normalized spacial score (nSPS) is 31.6. The Balaban J connectivity index is 1.47. The zero-order valence-electron chi connectivity index (χ0n) is 14.9. The van der Waals surface area contributed by atoms with E-state index in [9.17, 15) is 4.79 Å². The van der Waals surface area contributed by atoms with Gasteiger partial charge in [0.05, 0.1) is 5.41 Å². The first-order chi connectivity index (χ1) is 11.4. The molecule has 3 aliphatic rings. The minimum atomic E-state index is -0.261. The molecule has 0 spiro atoms. The fraction of sp³-hybridized carbons (Fsp3) is 0.571. The fourth-order valence-corrected chi connectivity index (χ4v) is 5.23. The average molecular weight is 324 g/mol. The van der Waals surface area contributed by atoms with Gasteiger partial charge in [-0.05, 0) is 42.7 Å². The molecule has 1 aromatic rings. The summed E-state index contributed by atoms with van der Waals surface area (Å²) in [5.74, 6) is 0.993. The maximum absolute atomic E-state index is 13.4. The molecule has 2 aliphatic carbocycles. The number of piperazine rings is 1. The summed E-state index contributed by atoms with van der Waals surface area (Å²) in [6.45, 7) is 12.4. The van der Waals surface area contributed by atoms with Crippen molar-refractivity contribution < 1.29 is 4.79 Å². The highest BCUT2D eigenvalue weighted by atomic mass is 16.2. The van der Waals surface area contributed by atoms with Gasteiger partial charge in [-0.15, -0.1) is 0 Å². The molecule has 0 aromatic heterocycles. The van der Waals surface area contributed by atoms with Gasteiger partial charge in [0.1, 0.15) is 0 Å². The first-order valence-electron chi connectivity index (χ1n) is 9.24. The van der Waals surface area contributed by atoms with E-state index in [-0.39, 0.29) is 10.8 Å². The second-order valence-corrected chi connectivity index (χ2v) is 8.34. The Morgan fingerprint density at radius 3 is 2.38 bits per heavy atom. The smallest absolute Gasteiger partial charge is 0.233 e. The molecule has 3 fully saturated rings. The number of hydrogen-bond acceptors (Lipinski definition) is 2. The third-order valence-corrected chi connectivity index (χ3v) is 6.99. The number of benzene rings is 1. The molecule has 4 rings (SSSR count). The topological polar surface area (TPSA) is 23.6 Å². The Bertz CT molecular complexity index is 658. The number of rotatable bonds is 2. The number of carbonyl (C=O) groups is 1. The summed E-state index contributed by atoms with van der Waals surface area (Å²) in [6, 6.07) is 10.5. The molecule has 0 unspecified atom stereocenters. The maximum atomic E-state index is 13.4. The number of carbonyl (C=O) groups excluding carboxylic acids is 1. The minimum Gasteiger partial charge on any atom is -0.368 e. The van der Waals surface area contributed by atoms with E-state index in [1.165, 1.54) is 17.7 Å². The molecule has 1 heterocycles. The van der Waals surface area contributed by atoms with Crippen molar-refractivity contribution in [2.45, 2.75) is 33.1 Å². The van der Waals surface area contributed by atoms with Gasteiger partial charge in [0.2, 0.25) is 5.91 Å². The lowest BCUT2D eigenvalue weighted by Crippen LogP contribution is -2.53. The van der Waals surface area contributed by atoms with Crippen LogP contribution in [0, 0.1) is 16.7 Å². The largest absolute Gasteiger partial charge is 0.368 e. The lowest BCUT2D eigenvalue weighted by Gasteiger charge is -2.42. The summed E-state index contributed by atoms with van der Waals surface area (Å²) in [4.78, 5) is 17.9. The van der Waals surface area contributed by atoms with Crippen LogP contribution >= 0.6 is 0 Å². The Hall–Kier alpha value is -1.77. The van der Waals surface area contributed by atoms with Gasteiger partial charge in [0, 0.05) is 31.9 Å². The van der Waals surface area contributed by atoms with Crippen LogP contribution in [0.1, 0.15) is 33.1 Å². The van der Waals surface area contributed by atoms with Crippen molar-refractivity contribution in [1.82, 2.24) is 4.90 Å². The summed E-state index contributed by atoms with van der Waals surface area (Å²) < 4.78 is 0. The third kappa shape index (κ3) is 2.13. The molecule has 2 atom stereocenters. The molecule has 1 aliphatic heterocycles. The highest BCUT2D eigenvalue weighted by molar-refractivity contribution is 5.88. The molecule has 0 radical (unpaired) electrons. The van der Waals surface area contributed by atoms with E-state index in [0.717, 1.165) is 39.0 Å². The van der Waals surface area contributed by atoms with Crippen LogP contribution in [0.5, 0.6) is 0 Å². The summed E-state index contributed by atoms with van der Waals surface area (Å²) >= 11 is 0. The number of hydrogen-bond donors (Lipinski definition) is 0. The molecule has 0 N–H and O–H groups in total. The van der Waals surface area contributed by atoms with Crippen molar-refractivity contribution in [2.75, 3.05) is 31.1 Å². The Morgan fingerprint density at radius 1 is 1.12 bits per heavy atom. The van der Waals surface area contributed by atoms with E-state index in [0.29, 0.717) is 11.8 Å². The Morgan fingerprint density at radius 2 is 1.79 bits per heavy atom. The van der Waals surface area contributed by atoms with Crippen LogP contribution in [0.4, 0.5) is 5.69 Å². The fourth-order valence-electron chi connectivity index (χ4n) is 5.23. The van der Waals surface area contributed by atoms with E-state index in [1.807, 2.05) is 6.07 Å². The van der Waals surface area contributed by atoms with Gasteiger partial charge in [-0.25, -0.2) is 0 Å². The van der Waals surface area contributed by atoms with E-state index in [4.69, 9.17) is 0 Å². The summed E-state index contributed by atoms with van der Waals surface area (Å²) in [5.41, 5.74) is 2.32. The second-order valence-electron chi connectivity index (χ2n) is 8.34. The van der Waals surface area contributed by atoms with E-state index < -0.39 is 0 Å². The lowest BCUT2D eigenvalue weighted by molar-refractivity contribution is -0.140. The van der Waals surface area contributed by atoms with Gasteiger partial charge in [-0.3, -0.25) is 4.79 Å². The average Bonchev–Trinajstić information content (AvgIpc) is 3.14. The lowest BCUT2D eigenvalue weighted by atomic mass is 9.68. The number of amides is 1. The molecular formula is C21H28N2O. The quantitative estimate of drug-likeness (QED) is 0.774. The van der Waals surface area contributed by atoms with E-state index in [1.54, 1.807) is 0 Å². The SMILES string of the molecule is C=C1C(C)(C)[C@@H]2CC[C@]1(C(=O)N1CCN(c3ccccc3)CC1)C2. The number of nitrogens with zero attached hydrogens (tertiary/aromatic N) is 2. The van der Waals surface area contributed by atoms with Crippen LogP contribution in [0.3, 0.4) is 0 Å². The van der Waals surface area contributed by atoms with Crippen LogP contribution in [-0.2, 0) is 4.79 Å². The van der Waals surface area contributed by atoms with Crippen molar-refractivity contribution in [3.05, 3.63) is 42.5 Å². The second kappa shape index (κ2) is 5.37. The van der Waals surface area contributed by atoms with Gasteiger partial charge >= 0.3 is 0 Å². The summed E-state index contributed by atoms with van der Waals surface area (Å²) in [5, 5.41) is 0. The van der Waals surface area contributed by atoms with Crippen LogP contribution in [0.2, 0.25) is 0 Å². The zero-order chi connectivity index (χ0) is 16.9. The molecule has 3 nitrogen and oxygen atoms in total. The predicted molar refractivity (Wildman–Crippen MR) is 97.9 cm³/mol. The highest BCUT2D eigenvalue weighted by Crippen LogP contribution is 2.65. The van der Waals surface area contributed by atoms with Crippen molar-refractivity contribution in [2.24, 2.45) is 16.7 Å². The molecule has 1 amide bonds. The molecule has 3 heteroatoms. The van der Waals surface area contributed by atoms with Crippen molar-refractivity contribution in [3.63, 3.8) is 0 Å². The van der Waals surface area contributed by atoms with Crippen molar-refractivity contribution in [3.8, 4) is 0 Å². The van der Waals surface area contributed by atoms with E-state index in [2.05, 4.69) is 54.5 Å².